The average molecular weight is 340 g/mol. The number of rotatable bonds is 5. The van der Waals surface area contributed by atoms with Crippen LogP contribution in [-0.4, -0.2) is 39.8 Å². The Morgan fingerprint density at radius 1 is 0.958 bits per heavy atom. The largest absolute Gasteiger partial charge is 0.381 e. The van der Waals surface area contributed by atoms with Crippen LogP contribution in [0.4, 0.5) is 5.69 Å². The van der Waals surface area contributed by atoms with Gasteiger partial charge < -0.3 is 5.32 Å². The van der Waals surface area contributed by atoms with Crippen LogP contribution in [0.15, 0.2) is 47.1 Å². The molecule has 24 heavy (non-hydrogen) atoms. The van der Waals surface area contributed by atoms with E-state index < -0.39 is 0 Å². The van der Waals surface area contributed by atoms with Crippen LogP contribution in [0.2, 0.25) is 0 Å². The van der Waals surface area contributed by atoms with Crippen molar-refractivity contribution in [3.63, 3.8) is 0 Å². The molecular weight excluding hydrogens is 320 g/mol. The summed E-state index contributed by atoms with van der Waals surface area (Å²) in [6.45, 7) is 4.20. The zero-order valence-electron chi connectivity index (χ0n) is 13.4. The summed E-state index contributed by atoms with van der Waals surface area (Å²) in [6.07, 6.45) is 0. The molecule has 0 atom stereocenters. The Balaban J connectivity index is 1.34. The Bertz CT molecular complexity index is 796. The molecule has 2 aromatic carbocycles. The van der Waals surface area contributed by atoms with Crippen molar-refractivity contribution in [1.82, 2.24) is 15.2 Å². The van der Waals surface area contributed by atoms with Gasteiger partial charge in [0.1, 0.15) is 11.0 Å². The molecule has 1 N–H and O–H groups in total. The second-order valence-corrected chi connectivity index (χ2v) is 7.25. The molecule has 6 heteroatoms. The first-order valence-corrected chi connectivity index (χ1v) is 9.36. The minimum Gasteiger partial charge on any atom is -0.381 e. The van der Waals surface area contributed by atoms with Gasteiger partial charge in [0.25, 0.3) is 0 Å². The molecule has 1 aromatic heterocycles. The molecule has 5 nitrogen and oxygen atoms in total. The van der Waals surface area contributed by atoms with E-state index in [1.165, 1.54) is 30.2 Å². The third-order valence-corrected chi connectivity index (χ3v) is 5.22. The van der Waals surface area contributed by atoms with Crippen LogP contribution in [0, 0.1) is 0 Å². The number of benzene rings is 2. The summed E-state index contributed by atoms with van der Waals surface area (Å²) in [7, 11) is 0. The fourth-order valence-corrected chi connectivity index (χ4v) is 3.87. The standard InChI is InChI=1S/C18H20N4OS/c1-4-16(5-2-14(1)13-22-7-9-24-10-8-22)19-12-15-3-6-17-18(11-15)21-23-20-17/h1-6,11,19H,7-10,12-13H2. The Morgan fingerprint density at radius 2 is 1.71 bits per heavy atom. The molecule has 1 fully saturated rings. The van der Waals surface area contributed by atoms with Gasteiger partial charge in [0.05, 0.1) is 0 Å². The lowest BCUT2D eigenvalue weighted by molar-refractivity contribution is 0.294. The van der Waals surface area contributed by atoms with E-state index in [1.54, 1.807) is 0 Å². The molecule has 4 rings (SSSR count). The Kier molecular flexibility index (Phi) is 4.66. The van der Waals surface area contributed by atoms with Gasteiger partial charge >= 0.3 is 0 Å². The van der Waals surface area contributed by atoms with Gasteiger partial charge in [-0.15, -0.1) is 0 Å². The lowest BCUT2D eigenvalue weighted by Gasteiger charge is -2.26. The maximum Gasteiger partial charge on any atom is 0.135 e. The topological polar surface area (TPSA) is 54.2 Å². The van der Waals surface area contributed by atoms with Crippen LogP contribution in [0.5, 0.6) is 0 Å². The first-order valence-electron chi connectivity index (χ1n) is 8.21. The average Bonchev–Trinajstić information content (AvgIpc) is 3.10. The summed E-state index contributed by atoms with van der Waals surface area (Å²) in [5, 5.41) is 11.2. The van der Waals surface area contributed by atoms with E-state index in [1.807, 2.05) is 18.2 Å². The minimum absolute atomic E-state index is 0.755. The first kappa shape index (κ1) is 15.5. The highest BCUT2D eigenvalue weighted by Crippen LogP contribution is 2.17. The molecule has 2 heterocycles. The van der Waals surface area contributed by atoms with Gasteiger partial charge in [-0.25, -0.2) is 4.63 Å². The zero-order chi connectivity index (χ0) is 16.2. The SMILES string of the molecule is c1cc2nonc2cc1CNc1ccc(CN2CCSCC2)cc1. The third kappa shape index (κ3) is 3.71. The summed E-state index contributed by atoms with van der Waals surface area (Å²) in [5.41, 5.74) is 5.26. The highest BCUT2D eigenvalue weighted by Gasteiger charge is 2.10. The molecule has 1 aliphatic rings. The van der Waals surface area contributed by atoms with Gasteiger partial charge in [0.15, 0.2) is 0 Å². The van der Waals surface area contributed by atoms with E-state index in [-0.39, 0.29) is 0 Å². The summed E-state index contributed by atoms with van der Waals surface area (Å²) < 4.78 is 4.73. The maximum atomic E-state index is 4.73. The van der Waals surface area contributed by atoms with E-state index in [4.69, 9.17) is 4.63 Å². The lowest BCUT2D eigenvalue weighted by Crippen LogP contribution is -2.31. The maximum absolute atomic E-state index is 4.73. The number of hydrogen-bond donors (Lipinski definition) is 1. The van der Waals surface area contributed by atoms with Crippen molar-refractivity contribution in [2.75, 3.05) is 29.9 Å². The van der Waals surface area contributed by atoms with Crippen LogP contribution in [0.25, 0.3) is 11.0 Å². The second kappa shape index (κ2) is 7.23. The highest BCUT2D eigenvalue weighted by molar-refractivity contribution is 7.99. The van der Waals surface area contributed by atoms with E-state index in [0.717, 1.165) is 35.4 Å². The van der Waals surface area contributed by atoms with Gasteiger partial charge in [-0.05, 0) is 45.7 Å². The monoisotopic (exact) mass is 340 g/mol. The van der Waals surface area contributed by atoms with Crippen molar-refractivity contribution in [1.29, 1.82) is 0 Å². The molecule has 0 aliphatic carbocycles. The molecule has 0 saturated carbocycles. The van der Waals surface area contributed by atoms with Gasteiger partial charge in [0, 0.05) is 43.4 Å². The van der Waals surface area contributed by atoms with Crippen molar-refractivity contribution in [2.24, 2.45) is 0 Å². The molecule has 0 amide bonds. The van der Waals surface area contributed by atoms with Gasteiger partial charge in [-0.2, -0.15) is 11.8 Å². The molecule has 1 saturated heterocycles. The highest BCUT2D eigenvalue weighted by atomic mass is 32.2. The summed E-state index contributed by atoms with van der Waals surface area (Å²) >= 11 is 2.05. The predicted octanol–water partition coefficient (Wildman–Crippen LogP) is 3.38. The van der Waals surface area contributed by atoms with E-state index >= 15 is 0 Å². The van der Waals surface area contributed by atoms with E-state index in [9.17, 15) is 0 Å². The minimum atomic E-state index is 0.755. The van der Waals surface area contributed by atoms with Crippen molar-refractivity contribution >= 4 is 28.5 Å². The molecule has 0 radical (unpaired) electrons. The fourth-order valence-electron chi connectivity index (χ4n) is 2.89. The van der Waals surface area contributed by atoms with Gasteiger partial charge in [-0.3, -0.25) is 4.90 Å². The van der Waals surface area contributed by atoms with Crippen molar-refractivity contribution in [2.45, 2.75) is 13.1 Å². The molecule has 0 spiro atoms. The van der Waals surface area contributed by atoms with E-state index in [2.05, 4.69) is 56.6 Å². The summed E-state index contributed by atoms with van der Waals surface area (Å²) in [4.78, 5) is 2.53. The quantitative estimate of drug-likeness (QED) is 0.768. The number of fused-ring (bicyclic) bond motifs is 1. The number of nitrogens with one attached hydrogen (secondary N) is 1. The molecular formula is C18H20N4OS. The molecule has 124 valence electrons. The Labute approximate surface area is 145 Å². The van der Waals surface area contributed by atoms with Crippen LogP contribution in [0.1, 0.15) is 11.1 Å². The van der Waals surface area contributed by atoms with Crippen LogP contribution >= 0.6 is 11.8 Å². The summed E-state index contributed by atoms with van der Waals surface area (Å²) in [5.74, 6) is 2.51. The third-order valence-electron chi connectivity index (χ3n) is 4.28. The van der Waals surface area contributed by atoms with Crippen LogP contribution in [-0.2, 0) is 13.1 Å². The van der Waals surface area contributed by atoms with Crippen molar-refractivity contribution < 1.29 is 4.63 Å². The molecule has 0 bridgehead atoms. The summed E-state index contributed by atoms with van der Waals surface area (Å²) in [6, 6.07) is 14.7. The second-order valence-electron chi connectivity index (χ2n) is 6.03. The van der Waals surface area contributed by atoms with Crippen molar-refractivity contribution in [3.8, 4) is 0 Å². The van der Waals surface area contributed by atoms with Crippen LogP contribution < -0.4 is 5.32 Å². The normalized spacial score (nSPS) is 15.7. The molecule has 3 aromatic rings. The zero-order valence-corrected chi connectivity index (χ0v) is 14.3. The predicted molar refractivity (Wildman–Crippen MR) is 98.2 cm³/mol. The number of hydrogen-bond acceptors (Lipinski definition) is 6. The number of aromatic nitrogens is 2. The molecule has 1 aliphatic heterocycles. The van der Waals surface area contributed by atoms with E-state index in [0.29, 0.717) is 0 Å². The smallest absolute Gasteiger partial charge is 0.135 e. The van der Waals surface area contributed by atoms with Gasteiger partial charge in [-0.1, -0.05) is 18.2 Å². The Morgan fingerprint density at radius 3 is 2.54 bits per heavy atom. The first-order chi connectivity index (χ1) is 11.9. The lowest BCUT2D eigenvalue weighted by atomic mass is 10.1. The fraction of sp³-hybridized carbons (Fsp3) is 0.333. The number of thioether (sulfide) groups is 1. The van der Waals surface area contributed by atoms with Gasteiger partial charge in [0.2, 0.25) is 0 Å². The number of anilines is 1. The Hall–Kier alpha value is -2.05. The number of nitrogens with zero attached hydrogens (tertiary/aromatic N) is 3. The van der Waals surface area contributed by atoms with Crippen molar-refractivity contribution in [3.05, 3.63) is 53.6 Å². The van der Waals surface area contributed by atoms with Crippen LogP contribution in [0.3, 0.4) is 0 Å². The molecule has 0 unspecified atom stereocenters.